The first kappa shape index (κ1) is 18.3. The third-order valence-electron chi connectivity index (χ3n) is 3.53. The van der Waals surface area contributed by atoms with Gasteiger partial charge in [-0.3, -0.25) is 14.9 Å². The number of hydrogen-bond donors (Lipinski definition) is 1. The van der Waals surface area contributed by atoms with Gasteiger partial charge in [0.25, 0.3) is 11.6 Å². The number of nitro benzene ring substituents is 1. The zero-order valence-corrected chi connectivity index (χ0v) is 14.5. The number of aromatic carboxylic acids is 1. The van der Waals surface area contributed by atoms with Crippen LogP contribution in [0.1, 0.15) is 15.9 Å². The lowest BCUT2D eigenvalue weighted by Crippen LogP contribution is -2.24. The second-order valence-electron chi connectivity index (χ2n) is 5.30. The highest BCUT2D eigenvalue weighted by Gasteiger charge is 2.28. The fourth-order valence-electron chi connectivity index (χ4n) is 2.23. The Morgan fingerprint density at radius 1 is 1.22 bits per heavy atom. The zero-order chi connectivity index (χ0) is 19.4. The van der Waals surface area contributed by atoms with Gasteiger partial charge in [0.05, 0.1) is 28.1 Å². The van der Waals surface area contributed by atoms with Gasteiger partial charge in [0.2, 0.25) is 0 Å². The number of non-ortho nitro benzene ring substituents is 1. The Hall–Kier alpha value is -3.53. The molecule has 1 aliphatic rings. The van der Waals surface area contributed by atoms with Crippen molar-refractivity contribution in [2.45, 2.75) is 0 Å². The first-order chi connectivity index (χ1) is 13.0. The monoisotopic (exact) mass is 384 g/mol. The van der Waals surface area contributed by atoms with Gasteiger partial charge in [-0.1, -0.05) is 30.0 Å². The Morgan fingerprint density at radius 2 is 1.93 bits per heavy atom. The molecule has 9 nitrogen and oxygen atoms in total. The van der Waals surface area contributed by atoms with Gasteiger partial charge in [0, 0.05) is 17.7 Å². The van der Waals surface area contributed by atoms with E-state index < -0.39 is 10.9 Å². The van der Waals surface area contributed by atoms with Crippen molar-refractivity contribution in [2.24, 2.45) is 10.1 Å². The molecule has 1 N–H and O–H groups in total. The maximum atomic E-state index is 12.1. The van der Waals surface area contributed by atoms with E-state index in [0.29, 0.717) is 16.4 Å². The van der Waals surface area contributed by atoms with Crippen molar-refractivity contribution in [3.8, 4) is 0 Å². The first-order valence-electron chi connectivity index (χ1n) is 7.61. The number of benzene rings is 2. The van der Waals surface area contributed by atoms with E-state index in [1.807, 2.05) is 0 Å². The first-order valence-corrected chi connectivity index (χ1v) is 8.59. The molecular formula is C17H12N4O5S. The van der Waals surface area contributed by atoms with Crippen LogP contribution in [-0.2, 0) is 4.79 Å². The minimum Gasteiger partial charge on any atom is -0.478 e. The number of rotatable bonds is 5. The number of amidine groups is 1. The van der Waals surface area contributed by atoms with E-state index in [-0.39, 0.29) is 22.9 Å². The van der Waals surface area contributed by atoms with Crippen molar-refractivity contribution in [1.82, 2.24) is 5.01 Å². The Morgan fingerprint density at radius 3 is 2.59 bits per heavy atom. The van der Waals surface area contributed by atoms with Crippen LogP contribution in [0, 0.1) is 10.1 Å². The van der Waals surface area contributed by atoms with Crippen molar-refractivity contribution in [1.29, 1.82) is 0 Å². The third-order valence-corrected chi connectivity index (χ3v) is 4.44. The molecule has 2 aromatic rings. The van der Waals surface area contributed by atoms with Crippen LogP contribution in [0.5, 0.6) is 0 Å². The molecule has 10 heteroatoms. The Kier molecular flexibility index (Phi) is 5.27. The highest BCUT2D eigenvalue weighted by atomic mass is 32.2. The lowest BCUT2D eigenvalue weighted by Gasteiger charge is -2.09. The van der Waals surface area contributed by atoms with Crippen molar-refractivity contribution < 1.29 is 19.6 Å². The molecule has 1 heterocycles. The number of carboxylic acids is 1. The smallest absolute Gasteiger partial charge is 0.336 e. The summed E-state index contributed by atoms with van der Waals surface area (Å²) in [7, 11) is 0. The van der Waals surface area contributed by atoms with Crippen LogP contribution in [0.15, 0.2) is 58.6 Å². The van der Waals surface area contributed by atoms with Gasteiger partial charge in [-0.2, -0.15) is 10.1 Å². The molecule has 0 spiro atoms. The molecule has 27 heavy (non-hydrogen) atoms. The Labute approximate surface area is 157 Å². The number of hydrogen-bond acceptors (Lipinski definition) is 7. The lowest BCUT2D eigenvalue weighted by molar-refractivity contribution is -0.384. The number of amides is 1. The van der Waals surface area contributed by atoms with Gasteiger partial charge < -0.3 is 5.11 Å². The SMILES string of the molecule is O=C(O)c1ccccc1C=NN1C(=O)CSC1=Nc1ccc([N+](=O)[O-])cc1. The molecule has 0 aliphatic carbocycles. The minimum atomic E-state index is -1.10. The van der Waals surface area contributed by atoms with Crippen LogP contribution in [-0.4, -0.2) is 44.1 Å². The van der Waals surface area contributed by atoms with E-state index in [0.717, 1.165) is 5.01 Å². The molecule has 1 saturated heterocycles. The highest BCUT2D eigenvalue weighted by molar-refractivity contribution is 8.15. The molecule has 0 aromatic heterocycles. The summed E-state index contributed by atoms with van der Waals surface area (Å²) in [6, 6.07) is 11.9. The van der Waals surface area contributed by atoms with Crippen LogP contribution in [0.4, 0.5) is 11.4 Å². The molecule has 0 bridgehead atoms. The quantitative estimate of drug-likeness (QED) is 0.480. The molecule has 0 saturated carbocycles. The second-order valence-corrected chi connectivity index (χ2v) is 6.24. The number of nitro groups is 1. The van der Waals surface area contributed by atoms with Gasteiger partial charge in [-0.05, 0) is 18.2 Å². The number of carbonyl (C=O) groups is 2. The van der Waals surface area contributed by atoms with Crippen LogP contribution in [0.25, 0.3) is 0 Å². The molecule has 0 atom stereocenters. The fraction of sp³-hybridized carbons (Fsp3) is 0.0588. The van der Waals surface area contributed by atoms with Gasteiger partial charge in [0.1, 0.15) is 0 Å². The molecule has 1 amide bonds. The van der Waals surface area contributed by atoms with Gasteiger partial charge in [-0.15, -0.1) is 0 Å². The molecule has 0 radical (unpaired) electrons. The predicted molar refractivity (Wildman–Crippen MR) is 100 cm³/mol. The van der Waals surface area contributed by atoms with E-state index in [4.69, 9.17) is 0 Å². The molecular weight excluding hydrogens is 372 g/mol. The summed E-state index contributed by atoms with van der Waals surface area (Å²) >= 11 is 1.17. The van der Waals surface area contributed by atoms with Gasteiger partial charge in [-0.25, -0.2) is 9.79 Å². The average molecular weight is 384 g/mol. The zero-order valence-electron chi connectivity index (χ0n) is 13.7. The standard InChI is InChI=1S/C17H12N4O5S/c22-15-10-27-17(19-12-5-7-13(8-6-12)21(25)26)20(15)18-9-11-3-1-2-4-14(11)16(23)24/h1-9H,10H2,(H,23,24). The highest BCUT2D eigenvalue weighted by Crippen LogP contribution is 2.25. The largest absolute Gasteiger partial charge is 0.478 e. The summed E-state index contributed by atoms with van der Waals surface area (Å²) < 4.78 is 0. The normalized spacial score (nSPS) is 15.6. The predicted octanol–water partition coefficient (Wildman–Crippen LogP) is 2.89. The summed E-state index contributed by atoms with van der Waals surface area (Å²) in [6.45, 7) is 0. The third kappa shape index (κ3) is 4.18. The van der Waals surface area contributed by atoms with Crippen LogP contribution in [0.2, 0.25) is 0 Å². The summed E-state index contributed by atoms with van der Waals surface area (Å²) in [4.78, 5) is 37.8. The maximum Gasteiger partial charge on any atom is 0.336 e. The molecule has 1 fully saturated rings. The molecule has 1 aliphatic heterocycles. The van der Waals surface area contributed by atoms with E-state index in [1.165, 1.54) is 48.3 Å². The van der Waals surface area contributed by atoms with Crippen molar-refractivity contribution in [3.63, 3.8) is 0 Å². The molecule has 3 rings (SSSR count). The van der Waals surface area contributed by atoms with E-state index in [2.05, 4.69) is 10.1 Å². The van der Waals surface area contributed by atoms with Crippen molar-refractivity contribution in [3.05, 3.63) is 69.8 Å². The summed E-state index contributed by atoms with van der Waals surface area (Å²) in [5.74, 6) is -1.26. The number of carboxylic acid groups (broad SMARTS) is 1. The average Bonchev–Trinajstić information content (AvgIpc) is 3.00. The maximum absolute atomic E-state index is 12.1. The second kappa shape index (κ2) is 7.79. The van der Waals surface area contributed by atoms with Crippen LogP contribution < -0.4 is 0 Å². The molecule has 2 aromatic carbocycles. The number of hydrazone groups is 1. The van der Waals surface area contributed by atoms with Crippen LogP contribution in [0.3, 0.4) is 0 Å². The Balaban J connectivity index is 1.86. The van der Waals surface area contributed by atoms with E-state index in [1.54, 1.807) is 18.2 Å². The molecule has 136 valence electrons. The van der Waals surface area contributed by atoms with Gasteiger partial charge in [0.15, 0.2) is 5.17 Å². The number of aliphatic imine (C=N–C) groups is 1. The number of nitrogens with zero attached hydrogens (tertiary/aromatic N) is 4. The van der Waals surface area contributed by atoms with Gasteiger partial charge >= 0.3 is 5.97 Å². The van der Waals surface area contributed by atoms with Crippen molar-refractivity contribution >= 4 is 46.4 Å². The number of carbonyl (C=O) groups excluding carboxylic acids is 1. The van der Waals surface area contributed by atoms with Crippen LogP contribution >= 0.6 is 11.8 Å². The molecule has 0 unspecified atom stereocenters. The number of thioether (sulfide) groups is 1. The lowest BCUT2D eigenvalue weighted by atomic mass is 10.1. The van der Waals surface area contributed by atoms with E-state index >= 15 is 0 Å². The fourth-order valence-corrected chi connectivity index (χ4v) is 3.05. The minimum absolute atomic E-state index is 0.0609. The van der Waals surface area contributed by atoms with Crippen molar-refractivity contribution in [2.75, 3.05) is 5.75 Å². The summed E-state index contributed by atoms with van der Waals surface area (Å²) in [5.41, 5.74) is 0.789. The Bertz CT molecular complexity index is 972. The van der Waals surface area contributed by atoms with E-state index in [9.17, 15) is 24.8 Å². The topological polar surface area (TPSA) is 125 Å². The summed E-state index contributed by atoms with van der Waals surface area (Å²) in [5, 5.41) is 25.4. The summed E-state index contributed by atoms with van der Waals surface area (Å²) in [6.07, 6.45) is 1.29.